The number of aromatic amines is 1. The maximum absolute atomic E-state index is 12.3. The molecule has 3 aromatic rings. The molecule has 5 nitrogen and oxygen atoms in total. The number of aromatic nitrogens is 2. The van der Waals surface area contributed by atoms with Crippen molar-refractivity contribution in [1.82, 2.24) is 9.97 Å². The predicted molar refractivity (Wildman–Crippen MR) is 98.9 cm³/mol. The van der Waals surface area contributed by atoms with Crippen molar-refractivity contribution in [2.75, 3.05) is 7.11 Å². The Hall–Kier alpha value is -2.63. The van der Waals surface area contributed by atoms with Crippen LogP contribution >= 0.6 is 23.2 Å². The number of hydrogen-bond acceptors (Lipinski definition) is 4. The molecule has 2 aromatic carbocycles. The first-order chi connectivity index (χ1) is 12.0. The van der Waals surface area contributed by atoms with Gasteiger partial charge in [0.15, 0.2) is 5.82 Å². The molecule has 0 bridgehead atoms. The molecule has 126 valence electrons. The minimum absolute atomic E-state index is 0.182. The Morgan fingerprint density at radius 3 is 2.72 bits per heavy atom. The molecule has 0 saturated heterocycles. The Balaban J connectivity index is 2.12. The third-order valence-corrected chi connectivity index (χ3v) is 4.17. The van der Waals surface area contributed by atoms with Gasteiger partial charge in [0.1, 0.15) is 0 Å². The van der Waals surface area contributed by atoms with Gasteiger partial charge in [0, 0.05) is 5.02 Å². The lowest BCUT2D eigenvalue weighted by Gasteiger charge is -2.05. The van der Waals surface area contributed by atoms with Crippen LogP contribution < -0.4 is 5.56 Å². The van der Waals surface area contributed by atoms with Crippen molar-refractivity contribution in [2.45, 2.75) is 0 Å². The monoisotopic (exact) mass is 374 g/mol. The van der Waals surface area contributed by atoms with Crippen molar-refractivity contribution >= 4 is 51.2 Å². The van der Waals surface area contributed by atoms with Crippen LogP contribution in [-0.2, 0) is 4.74 Å². The molecule has 1 N–H and O–H groups in total. The number of nitrogens with zero attached hydrogens (tertiary/aromatic N) is 1. The number of H-pyrrole nitrogens is 1. The van der Waals surface area contributed by atoms with Crippen molar-refractivity contribution < 1.29 is 9.53 Å². The van der Waals surface area contributed by atoms with E-state index in [4.69, 9.17) is 23.2 Å². The summed E-state index contributed by atoms with van der Waals surface area (Å²) in [6.07, 6.45) is 1.61. The minimum Gasteiger partial charge on any atom is -0.465 e. The fourth-order valence-electron chi connectivity index (χ4n) is 2.29. The van der Waals surface area contributed by atoms with Gasteiger partial charge >= 0.3 is 5.97 Å². The second-order valence-corrected chi connectivity index (χ2v) is 5.97. The van der Waals surface area contributed by atoms with E-state index >= 15 is 0 Å². The van der Waals surface area contributed by atoms with E-state index in [0.717, 1.165) is 0 Å². The molecule has 0 spiro atoms. The minimum atomic E-state index is -0.511. The van der Waals surface area contributed by atoms with Gasteiger partial charge in [-0.1, -0.05) is 41.4 Å². The average molecular weight is 375 g/mol. The second kappa shape index (κ2) is 7.09. The normalized spacial score (nSPS) is 11.6. The number of rotatable bonds is 3. The second-order valence-electron chi connectivity index (χ2n) is 5.15. The molecule has 7 heteroatoms. The van der Waals surface area contributed by atoms with E-state index in [1.807, 2.05) is 6.07 Å². The number of fused-ring (bicyclic) bond motifs is 1. The van der Waals surface area contributed by atoms with Crippen LogP contribution in [0, 0.1) is 0 Å². The smallest absolute Gasteiger partial charge is 0.337 e. The summed E-state index contributed by atoms with van der Waals surface area (Å²) in [6, 6.07) is 11.7. The highest BCUT2D eigenvalue weighted by atomic mass is 35.5. The molecule has 0 fully saturated rings. The Labute approximate surface area is 152 Å². The first-order valence-corrected chi connectivity index (χ1v) is 7.99. The molecular formula is C18H12Cl2N2O3. The SMILES string of the molecule is COC(=O)c1ccc2c(=O)[nH]c(/C(Cl)=C/c3ccccc3Cl)nc2c1. The standard InChI is InChI=1S/C18H12Cl2N2O3/c1-25-18(24)11-6-7-12-15(9-11)21-16(22-17(12)23)14(20)8-10-4-2-3-5-13(10)19/h2-9H,1H3,(H,21,22,23)/b14-8-. The highest BCUT2D eigenvalue weighted by Crippen LogP contribution is 2.24. The molecule has 0 unspecified atom stereocenters. The van der Waals surface area contributed by atoms with E-state index < -0.39 is 5.97 Å². The fourth-order valence-corrected chi connectivity index (χ4v) is 2.69. The zero-order valence-electron chi connectivity index (χ0n) is 13.0. The van der Waals surface area contributed by atoms with Gasteiger partial charge in [-0.05, 0) is 35.9 Å². The van der Waals surface area contributed by atoms with E-state index in [1.54, 1.807) is 24.3 Å². The number of carbonyl (C=O) groups is 1. The summed E-state index contributed by atoms with van der Waals surface area (Å²) in [7, 11) is 1.28. The molecule has 25 heavy (non-hydrogen) atoms. The van der Waals surface area contributed by atoms with Gasteiger partial charge in [0.2, 0.25) is 0 Å². The highest BCUT2D eigenvalue weighted by Gasteiger charge is 2.11. The summed E-state index contributed by atoms with van der Waals surface area (Å²) < 4.78 is 4.68. The van der Waals surface area contributed by atoms with E-state index in [9.17, 15) is 9.59 Å². The van der Waals surface area contributed by atoms with Crippen LogP contribution in [-0.4, -0.2) is 23.0 Å². The quantitative estimate of drug-likeness (QED) is 0.700. The average Bonchev–Trinajstić information content (AvgIpc) is 2.62. The van der Waals surface area contributed by atoms with Crippen LogP contribution in [0.3, 0.4) is 0 Å². The topological polar surface area (TPSA) is 72.1 Å². The number of hydrogen-bond donors (Lipinski definition) is 1. The largest absolute Gasteiger partial charge is 0.465 e. The summed E-state index contributed by atoms with van der Waals surface area (Å²) >= 11 is 12.4. The molecule has 0 amide bonds. The molecule has 1 aromatic heterocycles. The van der Waals surface area contributed by atoms with Gasteiger partial charge in [-0.3, -0.25) is 4.79 Å². The lowest BCUT2D eigenvalue weighted by atomic mass is 10.1. The van der Waals surface area contributed by atoms with Crippen LogP contribution in [0.1, 0.15) is 21.7 Å². The van der Waals surface area contributed by atoms with E-state index in [0.29, 0.717) is 27.1 Å². The number of methoxy groups -OCH3 is 1. The van der Waals surface area contributed by atoms with E-state index in [1.165, 1.54) is 25.3 Å². The number of nitrogens with one attached hydrogen (secondary N) is 1. The van der Waals surface area contributed by atoms with Crippen molar-refractivity contribution in [3.8, 4) is 0 Å². The number of benzene rings is 2. The van der Waals surface area contributed by atoms with Gasteiger partial charge in [-0.25, -0.2) is 9.78 Å². The van der Waals surface area contributed by atoms with E-state index in [-0.39, 0.29) is 16.4 Å². The molecule has 3 rings (SSSR count). The van der Waals surface area contributed by atoms with Gasteiger partial charge in [-0.2, -0.15) is 0 Å². The third-order valence-electron chi connectivity index (χ3n) is 3.54. The lowest BCUT2D eigenvalue weighted by Crippen LogP contribution is -2.11. The third kappa shape index (κ3) is 3.57. The summed E-state index contributed by atoms with van der Waals surface area (Å²) in [5, 5.41) is 1.09. The van der Waals surface area contributed by atoms with E-state index in [2.05, 4.69) is 14.7 Å². The summed E-state index contributed by atoms with van der Waals surface area (Å²) in [5.41, 5.74) is 0.972. The zero-order valence-corrected chi connectivity index (χ0v) is 14.6. The number of esters is 1. The summed E-state index contributed by atoms with van der Waals surface area (Å²) in [6.45, 7) is 0. The highest BCUT2D eigenvalue weighted by molar-refractivity contribution is 6.51. The maximum atomic E-state index is 12.3. The summed E-state index contributed by atoms with van der Waals surface area (Å²) in [4.78, 5) is 30.9. The predicted octanol–water partition coefficient (Wildman–Crippen LogP) is 4.10. The molecule has 0 atom stereocenters. The molecule has 0 aliphatic heterocycles. The van der Waals surface area contributed by atoms with Crippen LogP contribution in [0.5, 0.6) is 0 Å². The van der Waals surface area contributed by atoms with Crippen LogP contribution in [0.25, 0.3) is 22.0 Å². The molecule has 0 aliphatic rings. The lowest BCUT2D eigenvalue weighted by molar-refractivity contribution is 0.0601. The zero-order chi connectivity index (χ0) is 18.0. The van der Waals surface area contributed by atoms with Crippen molar-refractivity contribution in [2.24, 2.45) is 0 Å². The van der Waals surface area contributed by atoms with Gasteiger partial charge < -0.3 is 9.72 Å². The van der Waals surface area contributed by atoms with Crippen LogP contribution in [0.4, 0.5) is 0 Å². The van der Waals surface area contributed by atoms with Crippen LogP contribution in [0.2, 0.25) is 5.02 Å². The summed E-state index contributed by atoms with van der Waals surface area (Å²) in [5.74, 6) is -0.329. The van der Waals surface area contributed by atoms with Gasteiger partial charge in [-0.15, -0.1) is 0 Å². The van der Waals surface area contributed by atoms with Crippen molar-refractivity contribution in [3.63, 3.8) is 0 Å². The Morgan fingerprint density at radius 1 is 1.24 bits per heavy atom. The maximum Gasteiger partial charge on any atom is 0.337 e. The number of carbonyl (C=O) groups excluding carboxylic acids is 1. The first kappa shape index (κ1) is 17.2. The Kier molecular flexibility index (Phi) is 4.88. The number of ether oxygens (including phenoxy) is 1. The Morgan fingerprint density at radius 2 is 2.00 bits per heavy atom. The van der Waals surface area contributed by atoms with Crippen LogP contribution in [0.15, 0.2) is 47.3 Å². The molecule has 0 saturated carbocycles. The number of halogens is 2. The fraction of sp³-hybridized carbons (Fsp3) is 0.0556. The molecule has 0 aliphatic carbocycles. The van der Waals surface area contributed by atoms with Crippen molar-refractivity contribution in [3.05, 3.63) is 74.8 Å². The molecule has 1 heterocycles. The van der Waals surface area contributed by atoms with Gasteiger partial charge in [0.05, 0.1) is 28.6 Å². The van der Waals surface area contributed by atoms with Crippen molar-refractivity contribution in [1.29, 1.82) is 0 Å². The first-order valence-electron chi connectivity index (χ1n) is 7.24. The Bertz CT molecular complexity index is 1060. The molecule has 0 radical (unpaired) electrons. The molecular weight excluding hydrogens is 363 g/mol. The van der Waals surface area contributed by atoms with Gasteiger partial charge in [0.25, 0.3) is 5.56 Å².